The molecule has 1 aliphatic heterocycles. The molecule has 1 heterocycles. The molecule has 2 rings (SSSR count). The second-order valence-corrected chi connectivity index (χ2v) is 6.25. The largest absolute Gasteiger partial charge is 0.356 e. The molecule has 0 radical (unpaired) electrons. The zero-order valence-electron chi connectivity index (χ0n) is 13.9. The number of hydrogen-bond acceptors (Lipinski definition) is 2. The molecule has 1 aliphatic rings. The third kappa shape index (κ3) is 4.06. The molecular weight excluding hydrogens is 324 g/mol. The Morgan fingerprint density at radius 3 is 2.33 bits per heavy atom. The van der Waals surface area contributed by atoms with Crippen molar-refractivity contribution in [1.29, 1.82) is 0 Å². The fraction of sp³-hybridized carbons (Fsp3) is 0.588. The van der Waals surface area contributed by atoms with Crippen LogP contribution in [0.3, 0.4) is 0 Å². The first-order valence-corrected chi connectivity index (χ1v) is 8.12. The first-order chi connectivity index (χ1) is 11.3. The third-order valence-electron chi connectivity index (χ3n) is 4.54. The highest BCUT2D eigenvalue weighted by atomic mass is 19.2. The van der Waals surface area contributed by atoms with Gasteiger partial charge >= 0.3 is 0 Å². The van der Waals surface area contributed by atoms with E-state index in [4.69, 9.17) is 0 Å². The lowest BCUT2D eigenvalue weighted by Crippen LogP contribution is -2.41. The van der Waals surface area contributed by atoms with Crippen LogP contribution in [0, 0.1) is 30.2 Å². The van der Waals surface area contributed by atoms with E-state index in [1.165, 1.54) is 6.92 Å². The van der Waals surface area contributed by atoms with Gasteiger partial charge in [0.25, 0.3) is 0 Å². The summed E-state index contributed by atoms with van der Waals surface area (Å²) < 4.78 is 55.6. The van der Waals surface area contributed by atoms with E-state index in [1.807, 2.05) is 4.90 Å². The van der Waals surface area contributed by atoms with Crippen molar-refractivity contribution >= 4 is 5.91 Å². The highest BCUT2D eigenvalue weighted by molar-refractivity contribution is 5.72. The fourth-order valence-electron chi connectivity index (χ4n) is 3.14. The van der Waals surface area contributed by atoms with Gasteiger partial charge in [0.15, 0.2) is 23.3 Å². The molecule has 0 aromatic heterocycles. The van der Waals surface area contributed by atoms with Crippen LogP contribution in [0.5, 0.6) is 0 Å². The molecule has 0 bridgehead atoms. The van der Waals surface area contributed by atoms with Gasteiger partial charge in [-0.05, 0) is 32.7 Å². The molecule has 1 amide bonds. The Labute approximate surface area is 139 Å². The number of likely N-dealkylation sites (tertiary alicyclic amines) is 1. The Bertz CT molecular complexity index is 592. The molecule has 1 saturated heterocycles. The van der Waals surface area contributed by atoms with Crippen LogP contribution in [-0.4, -0.2) is 29.9 Å². The fourth-order valence-corrected chi connectivity index (χ4v) is 3.14. The van der Waals surface area contributed by atoms with E-state index < -0.39 is 34.4 Å². The molecule has 0 aliphatic carbocycles. The van der Waals surface area contributed by atoms with Crippen molar-refractivity contribution in [3.05, 3.63) is 34.4 Å². The van der Waals surface area contributed by atoms with Crippen molar-refractivity contribution in [2.75, 3.05) is 13.1 Å². The summed E-state index contributed by atoms with van der Waals surface area (Å²) >= 11 is 0. The van der Waals surface area contributed by atoms with Gasteiger partial charge in [0.2, 0.25) is 5.91 Å². The zero-order valence-corrected chi connectivity index (χ0v) is 13.9. The lowest BCUT2D eigenvalue weighted by atomic mass is 9.98. The average Bonchev–Trinajstić information content (AvgIpc) is 2.56. The second-order valence-electron chi connectivity index (χ2n) is 6.25. The van der Waals surface area contributed by atoms with E-state index in [0.29, 0.717) is 19.5 Å². The number of hydrogen-bond donors (Lipinski definition) is 1. The van der Waals surface area contributed by atoms with Crippen molar-refractivity contribution in [2.24, 2.45) is 0 Å². The molecule has 1 atom stereocenters. The van der Waals surface area contributed by atoms with E-state index in [0.717, 1.165) is 26.2 Å². The van der Waals surface area contributed by atoms with Crippen molar-refractivity contribution in [1.82, 2.24) is 10.2 Å². The standard InChI is InChI=1S/C17H22F4N2O/c1-10-14(18)16(20)13(17(21)15(10)19)9-23-8-4-3-5-12(23)6-7-22-11(2)24/h12H,3-9H2,1-2H3,(H,22,24)/t12-/m1/s1. The number of nitrogens with one attached hydrogen (secondary N) is 1. The van der Waals surface area contributed by atoms with Crippen LogP contribution >= 0.6 is 0 Å². The maximum atomic E-state index is 14.1. The number of amides is 1. The number of nitrogens with zero attached hydrogens (tertiary/aromatic N) is 1. The summed E-state index contributed by atoms with van der Waals surface area (Å²) in [5.41, 5.74) is -1.21. The van der Waals surface area contributed by atoms with E-state index in [-0.39, 0.29) is 18.5 Å². The van der Waals surface area contributed by atoms with E-state index in [1.54, 1.807) is 0 Å². The van der Waals surface area contributed by atoms with Crippen molar-refractivity contribution < 1.29 is 22.4 Å². The Hall–Kier alpha value is -1.63. The maximum Gasteiger partial charge on any atom is 0.216 e. The van der Waals surface area contributed by atoms with Gasteiger partial charge in [0.1, 0.15) is 0 Å². The first kappa shape index (κ1) is 18.7. The molecule has 1 N–H and O–H groups in total. The van der Waals surface area contributed by atoms with E-state index in [9.17, 15) is 22.4 Å². The quantitative estimate of drug-likeness (QED) is 0.654. The molecule has 0 unspecified atom stereocenters. The van der Waals surface area contributed by atoms with E-state index >= 15 is 0 Å². The predicted octanol–water partition coefficient (Wildman–Crippen LogP) is 3.43. The van der Waals surface area contributed by atoms with Crippen LogP contribution in [-0.2, 0) is 11.3 Å². The van der Waals surface area contributed by atoms with Crippen LogP contribution in [0.1, 0.15) is 43.7 Å². The Balaban J connectivity index is 2.17. The first-order valence-electron chi connectivity index (χ1n) is 8.12. The second kappa shape index (κ2) is 7.96. The summed E-state index contributed by atoms with van der Waals surface area (Å²) in [6, 6.07) is 0.0109. The summed E-state index contributed by atoms with van der Waals surface area (Å²) in [7, 11) is 0. The summed E-state index contributed by atoms with van der Waals surface area (Å²) in [6.45, 7) is 3.30. The summed E-state index contributed by atoms with van der Waals surface area (Å²) in [4.78, 5) is 12.8. The molecule has 7 heteroatoms. The van der Waals surface area contributed by atoms with Gasteiger partial charge in [-0.1, -0.05) is 6.42 Å². The summed E-state index contributed by atoms with van der Waals surface area (Å²) in [5, 5.41) is 2.69. The molecule has 1 aromatic carbocycles. The molecule has 3 nitrogen and oxygen atoms in total. The molecule has 0 saturated carbocycles. The van der Waals surface area contributed by atoms with Crippen LogP contribution in [0.2, 0.25) is 0 Å². The van der Waals surface area contributed by atoms with Gasteiger partial charge in [-0.3, -0.25) is 9.69 Å². The van der Waals surface area contributed by atoms with Crippen LogP contribution < -0.4 is 5.32 Å². The van der Waals surface area contributed by atoms with Gasteiger partial charge in [0.05, 0.1) is 0 Å². The highest BCUT2D eigenvalue weighted by Crippen LogP contribution is 2.28. The molecule has 1 fully saturated rings. The number of piperidine rings is 1. The van der Waals surface area contributed by atoms with Crippen LogP contribution in [0.15, 0.2) is 0 Å². The van der Waals surface area contributed by atoms with Crippen molar-refractivity contribution in [2.45, 2.75) is 52.1 Å². The predicted molar refractivity (Wildman–Crippen MR) is 82.4 cm³/mol. The summed E-state index contributed by atoms with van der Waals surface area (Å²) in [6.07, 6.45) is 3.28. The van der Waals surface area contributed by atoms with Crippen LogP contribution in [0.25, 0.3) is 0 Å². The molecule has 1 aromatic rings. The molecule has 0 spiro atoms. The molecular formula is C17H22F4N2O. The van der Waals surface area contributed by atoms with Crippen LogP contribution in [0.4, 0.5) is 17.6 Å². The van der Waals surface area contributed by atoms with Gasteiger partial charge in [-0.15, -0.1) is 0 Å². The number of carbonyl (C=O) groups excluding carboxylic acids is 1. The van der Waals surface area contributed by atoms with Gasteiger partial charge in [0, 0.05) is 37.2 Å². The minimum Gasteiger partial charge on any atom is -0.356 e. The van der Waals surface area contributed by atoms with Crippen molar-refractivity contribution in [3.63, 3.8) is 0 Å². The normalized spacial score (nSPS) is 18.7. The zero-order chi connectivity index (χ0) is 17.9. The van der Waals surface area contributed by atoms with Gasteiger partial charge < -0.3 is 5.32 Å². The number of halogens is 4. The monoisotopic (exact) mass is 346 g/mol. The Morgan fingerprint density at radius 2 is 1.75 bits per heavy atom. The highest BCUT2D eigenvalue weighted by Gasteiger charge is 2.28. The van der Waals surface area contributed by atoms with E-state index in [2.05, 4.69) is 5.32 Å². The topological polar surface area (TPSA) is 32.3 Å². The Kier molecular flexibility index (Phi) is 6.21. The maximum absolute atomic E-state index is 14.1. The SMILES string of the molecule is CC(=O)NCC[C@H]1CCCCN1Cc1c(F)c(F)c(C)c(F)c1F. The third-order valence-corrected chi connectivity index (χ3v) is 4.54. The molecule has 24 heavy (non-hydrogen) atoms. The number of benzene rings is 1. The minimum atomic E-state index is -1.34. The smallest absolute Gasteiger partial charge is 0.216 e. The molecule has 134 valence electrons. The summed E-state index contributed by atoms with van der Waals surface area (Å²) in [5.74, 6) is -5.46. The van der Waals surface area contributed by atoms with Crippen molar-refractivity contribution in [3.8, 4) is 0 Å². The lowest BCUT2D eigenvalue weighted by molar-refractivity contribution is -0.119. The number of rotatable bonds is 5. The average molecular weight is 346 g/mol. The lowest BCUT2D eigenvalue weighted by Gasteiger charge is -2.36. The minimum absolute atomic E-state index is 0.0109. The number of carbonyl (C=O) groups is 1. The van der Waals surface area contributed by atoms with Gasteiger partial charge in [-0.25, -0.2) is 17.6 Å². The Morgan fingerprint density at radius 1 is 1.12 bits per heavy atom. The van der Waals surface area contributed by atoms with Gasteiger partial charge in [-0.2, -0.15) is 0 Å².